The molecule has 0 spiro atoms. The second kappa shape index (κ2) is 2.81. The second-order valence-electron chi connectivity index (χ2n) is 6.63. The summed E-state index contributed by atoms with van der Waals surface area (Å²) < 4.78 is 0. The molecule has 0 aromatic rings. The largest absolute Gasteiger partial charge is 0.339 e. The number of amides is 1. The molecule has 1 amide bonds. The molecule has 3 saturated carbocycles. The van der Waals surface area contributed by atoms with E-state index in [1.807, 2.05) is 4.90 Å². The number of nitrogens with zero attached hydrogens (tertiary/aromatic N) is 1. The van der Waals surface area contributed by atoms with Gasteiger partial charge in [-0.3, -0.25) is 4.79 Å². The first-order chi connectivity index (χ1) is 7.66. The van der Waals surface area contributed by atoms with Gasteiger partial charge in [-0.05, 0) is 49.9 Å². The Hall–Kier alpha value is -0.570. The van der Waals surface area contributed by atoms with Crippen LogP contribution in [0.25, 0.3) is 0 Å². The number of rotatable bonds is 2. The average molecular weight is 220 g/mol. The van der Waals surface area contributed by atoms with Crippen LogP contribution in [-0.2, 0) is 4.79 Å². The van der Waals surface area contributed by atoms with Crippen LogP contribution < -0.4 is 5.73 Å². The molecular weight excluding hydrogens is 200 g/mol. The Balaban J connectivity index is 1.36. The molecule has 16 heavy (non-hydrogen) atoms. The van der Waals surface area contributed by atoms with E-state index in [0.717, 1.165) is 24.9 Å². The van der Waals surface area contributed by atoms with Gasteiger partial charge in [0.05, 0.1) is 5.54 Å². The molecule has 1 saturated heterocycles. The summed E-state index contributed by atoms with van der Waals surface area (Å²) in [6.45, 7) is 1.67. The molecule has 88 valence electrons. The Kier molecular flexibility index (Phi) is 1.66. The van der Waals surface area contributed by atoms with Crippen LogP contribution in [0.3, 0.4) is 0 Å². The summed E-state index contributed by atoms with van der Waals surface area (Å²) in [4.78, 5) is 14.2. The van der Waals surface area contributed by atoms with Crippen molar-refractivity contribution in [2.24, 2.45) is 29.4 Å². The van der Waals surface area contributed by atoms with Gasteiger partial charge in [-0.15, -0.1) is 0 Å². The molecule has 2 N–H and O–H groups in total. The molecule has 0 aromatic heterocycles. The predicted molar refractivity (Wildman–Crippen MR) is 60.5 cm³/mol. The summed E-state index contributed by atoms with van der Waals surface area (Å²) >= 11 is 0. The third kappa shape index (κ3) is 1.27. The molecular formula is C13H20N2O. The van der Waals surface area contributed by atoms with Crippen molar-refractivity contribution in [3.8, 4) is 0 Å². The molecule has 3 nitrogen and oxygen atoms in total. The van der Waals surface area contributed by atoms with Crippen LogP contribution in [0.5, 0.6) is 0 Å². The lowest BCUT2D eigenvalue weighted by atomic mass is 9.84. The molecule has 4 fully saturated rings. The number of carbonyl (C=O) groups is 1. The fourth-order valence-electron chi connectivity index (χ4n) is 3.91. The van der Waals surface area contributed by atoms with Crippen molar-refractivity contribution in [3.63, 3.8) is 0 Å². The molecule has 0 bridgehead atoms. The minimum atomic E-state index is -0.00279. The first-order valence-corrected chi connectivity index (χ1v) is 6.73. The van der Waals surface area contributed by atoms with Gasteiger partial charge in [0.1, 0.15) is 0 Å². The van der Waals surface area contributed by atoms with Gasteiger partial charge in [0, 0.05) is 19.0 Å². The van der Waals surface area contributed by atoms with Crippen molar-refractivity contribution in [2.45, 2.75) is 37.6 Å². The zero-order valence-corrected chi connectivity index (χ0v) is 9.69. The van der Waals surface area contributed by atoms with E-state index in [-0.39, 0.29) is 5.54 Å². The summed E-state index contributed by atoms with van der Waals surface area (Å²) in [6.07, 6.45) is 6.30. The number of hydrogen-bond acceptors (Lipinski definition) is 2. The Morgan fingerprint density at radius 3 is 2.31 bits per heavy atom. The number of carbonyl (C=O) groups excluding carboxylic acids is 1. The highest BCUT2D eigenvalue weighted by molar-refractivity contribution is 5.80. The summed E-state index contributed by atoms with van der Waals surface area (Å²) in [5.41, 5.74) is 6.27. The molecule has 2 atom stereocenters. The lowest BCUT2D eigenvalue weighted by molar-refractivity contribution is -0.144. The number of nitrogens with two attached hydrogens (primary N) is 1. The van der Waals surface area contributed by atoms with E-state index in [0.29, 0.717) is 17.7 Å². The zero-order chi connectivity index (χ0) is 10.9. The SMILES string of the molecule is NC1(C2CC2)CN(C(=O)C2CC3CC3C2)C1. The minimum Gasteiger partial charge on any atom is -0.339 e. The Bertz CT molecular complexity index is 334. The van der Waals surface area contributed by atoms with Gasteiger partial charge in [0.15, 0.2) is 0 Å². The van der Waals surface area contributed by atoms with E-state index < -0.39 is 0 Å². The highest BCUT2D eigenvalue weighted by atomic mass is 16.2. The summed E-state index contributed by atoms with van der Waals surface area (Å²) in [5.74, 6) is 3.29. The predicted octanol–water partition coefficient (Wildman–Crippen LogP) is 0.982. The van der Waals surface area contributed by atoms with Gasteiger partial charge < -0.3 is 10.6 Å². The maximum atomic E-state index is 12.2. The van der Waals surface area contributed by atoms with Crippen LogP contribution in [0.15, 0.2) is 0 Å². The summed E-state index contributed by atoms with van der Waals surface area (Å²) in [7, 11) is 0. The molecule has 1 heterocycles. The highest BCUT2D eigenvalue weighted by Crippen LogP contribution is 2.55. The Morgan fingerprint density at radius 1 is 1.12 bits per heavy atom. The van der Waals surface area contributed by atoms with Crippen LogP contribution in [-0.4, -0.2) is 29.4 Å². The van der Waals surface area contributed by atoms with Gasteiger partial charge in [-0.2, -0.15) is 0 Å². The van der Waals surface area contributed by atoms with Gasteiger partial charge in [0.2, 0.25) is 5.91 Å². The van der Waals surface area contributed by atoms with Crippen LogP contribution in [0, 0.1) is 23.7 Å². The topological polar surface area (TPSA) is 46.3 Å². The number of hydrogen-bond donors (Lipinski definition) is 1. The van der Waals surface area contributed by atoms with Crippen molar-refractivity contribution in [1.29, 1.82) is 0 Å². The van der Waals surface area contributed by atoms with Gasteiger partial charge in [-0.1, -0.05) is 0 Å². The van der Waals surface area contributed by atoms with E-state index >= 15 is 0 Å². The molecule has 0 radical (unpaired) electrons. The van der Waals surface area contributed by atoms with Gasteiger partial charge in [-0.25, -0.2) is 0 Å². The second-order valence-corrected chi connectivity index (χ2v) is 6.63. The van der Waals surface area contributed by atoms with Crippen molar-refractivity contribution < 1.29 is 4.79 Å². The quantitative estimate of drug-likeness (QED) is 0.754. The molecule has 4 aliphatic rings. The maximum Gasteiger partial charge on any atom is 0.225 e. The molecule has 0 aromatic carbocycles. The van der Waals surface area contributed by atoms with E-state index in [2.05, 4.69) is 0 Å². The van der Waals surface area contributed by atoms with Crippen molar-refractivity contribution in [1.82, 2.24) is 4.90 Å². The third-order valence-electron chi connectivity index (χ3n) is 5.27. The molecule has 2 unspecified atom stereocenters. The van der Waals surface area contributed by atoms with E-state index in [4.69, 9.17) is 5.73 Å². The van der Waals surface area contributed by atoms with E-state index in [1.54, 1.807) is 0 Å². The van der Waals surface area contributed by atoms with E-state index in [1.165, 1.54) is 32.1 Å². The average Bonchev–Trinajstić information content (AvgIpc) is 3.13. The van der Waals surface area contributed by atoms with Crippen LogP contribution in [0.2, 0.25) is 0 Å². The van der Waals surface area contributed by atoms with Crippen molar-refractivity contribution in [3.05, 3.63) is 0 Å². The van der Waals surface area contributed by atoms with Crippen LogP contribution in [0.1, 0.15) is 32.1 Å². The maximum absolute atomic E-state index is 12.2. The van der Waals surface area contributed by atoms with E-state index in [9.17, 15) is 4.79 Å². The molecule has 4 rings (SSSR count). The lowest BCUT2D eigenvalue weighted by Gasteiger charge is -2.49. The van der Waals surface area contributed by atoms with Crippen LogP contribution in [0.4, 0.5) is 0 Å². The summed E-state index contributed by atoms with van der Waals surface area (Å²) in [5, 5.41) is 0. The first kappa shape index (κ1) is 9.46. The first-order valence-electron chi connectivity index (χ1n) is 6.73. The highest BCUT2D eigenvalue weighted by Gasteiger charge is 2.54. The normalized spacial score (nSPS) is 43.8. The molecule has 3 aliphatic carbocycles. The Labute approximate surface area is 96.4 Å². The van der Waals surface area contributed by atoms with Gasteiger partial charge >= 0.3 is 0 Å². The fraction of sp³-hybridized carbons (Fsp3) is 0.923. The number of fused-ring (bicyclic) bond motifs is 1. The standard InChI is InChI=1S/C13H20N2O/c14-13(11-1-2-11)6-15(7-13)12(16)10-4-8-3-9(8)5-10/h8-11H,1-7,14H2. The third-order valence-corrected chi connectivity index (χ3v) is 5.27. The zero-order valence-electron chi connectivity index (χ0n) is 9.69. The lowest BCUT2D eigenvalue weighted by Crippen LogP contribution is -2.70. The summed E-state index contributed by atoms with van der Waals surface area (Å²) in [6, 6.07) is 0. The molecule has 1 aliphatic heterocycles. The molecule has 3 heteroatoms. The minimum absolute atomic E-state index is 0.00279. The fourth-order valence-corrected chi connectivity index (χ4v) is 3.91. The van der Waals surface area contributed by atoms with Crippen LogP contribution >= 0.6 is 0 Å². The Morgan fingerprint density at radius 2 is 1.75 bits per heavy atom. The smallest absolute Gasteiger partial charge is 0.225 e. The number of likely N-dealkylation sites (tertiary alicyclic amines) is 1. The van der Waals surface area contributed by atoms with Crippen molar-refractivity contribution >= 4 is 5.91 Å². The monoisotopic (exact) mass is 220 g/mol. The van der Waals surface area contributed by atoms with Gasteiger partial charge in [0.25, 0.3) is 0 Å². The van der Waals surface area contributed by atoms with Crippen molar-refractivity contribution in [2.75, 3.05) is 13.1 Å².